The van der Waals surface area contributed by atoms with Crippen LogP contribution in [-0.4, -0.2) is 23.6 Å². The zero-order chi connectivity index (χ0) is 17.9. The summed E-state index contributed by atoms with van der Waals surface area (Å²) < 4.78 is 0. The Balaban J connectivity index is 2.03. The summed E-state index contributed by atoms with van der Waals surface area (Å²) in [6.45, 7) is 7.86. The number of nitrogens with two attached hydrogens (primary N) is 1. The van der Waals surface area contributed by atoms with Gasteiger partial charge in [0.25, 0.3) is 0 Å². The molecule has 130 valence electrons. The molecule has 1 amide bonds. The van der Waals surface area contributed by atoms with E-state index in [-0.39, 0.29) is 24.4 Å². The molecule has 4 N–H and O–H groups in total. The minimum Gasteiger partial charge on any atom is -0.387 e. The number of hydrogen-bond donors (Lipinski definition) is 3. The Labute approximate surface area is 144 Å². The second kappa shape index (κ2) is 7.32. The molecular formula is C20H28N2O2. The van der Waals surface area contributed by atoms with E-state index >= 15 is 0 Å². The van der Waals surface area contributed by atoms with Crippen molar-refractivity contribution in [1.82, 2.24) is 5.32 Å². The van der Waals surface area contributed by atoms with E-state index in [2.05, 4.69) is 5.32 Å². The van der Waals surface area contributed by atoms with Crippen LogP contribution in [-0.2, 0) is 4.79 Å². The van der Waals surface area contributed by atoms with Crippen molar-refractivity contribution in [2.75, 3.05) is 6.54 Å². The average molecular weight is 328 g/mol. The largest absolute Gasteiger partial charge is 0.387 e. The van der Waals surface area contributed by atoms with Crippen molar-refractivity contribution in [3.05, 3.63) is 48.0 Å². The molecule has 0 aliphatic carbocycles. The third-order valence-electron chi connectivity index (χ3n) is 4.75. The predicted molar refractivity (Wildman–Crippen MR) is 98.5 cm³/mol. The van der Waals surface area contributed by atoms with Crippen LogP contribution in [0.2, 0.25) is 0 Å². The SMILES string of the molecule is CC(C)C(N)C(C)(C)C(=O)NCC(O)c1ccc2ccccc2c1. The fraction of sp³-hybridized carbons (Fsp3) is 0.450. The smallest absolute Gasteiger partial charge is 0.227 e. The van der Waals surface area contributed by atoms with Crippen molar-refractivity contribution in [1.29, 1.82) is 0 Å². The van der Waals surface area contributed by atoms with Crippen LogP contribution in [0.3, 0.4) is 0 Å². The average Bonchev–Trinajstić information content (AvgIpc) is 2.57. The zero-order valence-electron chi connectivity index (χ0n) is 14.9. The van der Waals surface area contributed by atoms with E-state index in [1.807, 2.05) is 70.2 Å². The van der Waals surface area contributed by atoms with Crippen LogP contribution in [0.15, 0.2) is 42.5 Å². The number of carbonyl (C=O) groups excluding carboxylic acids is 1. The van der Waals surface area contributed by atoms with Crippen LogP contribution in [0.4, 0.5) is 0 Å². The molecule has 0 aliphatic heterocycles. The van der Waals surface area contributed by atoms with E-state index in [0.29, 0.717) is 0 Å². The molecule has 0 heterocycles. The highest BCUT2D eigenvalue weighted by Gasteiger charge is 2.36. The van der Waals surface area contributed by atoms with E-state index < -0.39 is 11.5 Å². The van der Waals surface area contributed by atoms with Crippen molar-refractivity contribution in [3.63, 3.8) is 0 Å². The molecule has 0 bridgehead atoms. The number of benzene rings is 2. The Morgan fingerprint density at radius 1 is 1.17 bits per heavy atom. The highest BCUT2D eigenvalue weighted by Crippen LogP contribution is 2.25. The fourth-order valence-electron chi connectivity index (χ4n) is 2.93. The van der Waals surface area contributed by atoms with Crippen molar-refractivity contribution in [2.45, 2.75) is 39.8 Å². The van der Waals surface area contributed by atoms with Crippen molar-refractivity contribution in [2.24, 2.45) is 17.1 Å². The van der Waals surface area contributed by atoms with Crippen LogP contribution in [0.5, 0.6) is 0 Å². The molecule has 2 aromatic carbocycles. The molecule has 2 unspecified atom stereocenters. The molecule has 0 fully saturated rings. The molecule has 0 radical (unpaired) electrons. The second-order valence-electron chi connectivity index (χ2n) is 7.32. The molecular weight excluding hydrogens is 300 g/mol. The number of aliphatic hydroxyl groups is 1. The minimum absolute atomic E-state index is 0.136. The van der Waals surface area contributed by atoms with E-state index in [9.17, 15) is 9.90 Å². The lowest BCUT2D eigenvalue weighted by atomic mass is 9.78. The Kier molecular flexibility index (Phi) is 5.62. The fourth-order valence-corrected chi connectivity index (χ4v) is 2.93. The molecule has 2 aromatic rings. The first-order valence-corrected chi connectivity index (χ1v) is 8.44. The first-order chi connectivity index (χ1) is 11.2. The van der Waals surface area contributed by atoms with Gasteiger partial charge in [0.2, 0.25) is 5.91 Å². The molecule has 0 spiro atoms. The van der Waals surface area contributed by atoms with Gasteiger partial charge in [0, 0.05) is 12.6 Å². The Hall–Kier alpha value is -1.91. The summed E-state index contributed by atoms with van der Waals surface area (Å²) in [5.74, 6) is 0.0692. The molecule has 2 rings (SSSR count). The van der Waals surface area contributed by atoms with Crippen molar-refractivity contribution in [3.8, 4) is 0 Å². The van der Waals surface area contributed by atoms with Crippen molar-refractivity contribution < 1.29 is 9.90 Å². The van der Waals surface area contributed by atoms with E-state index in [1.165, 1.54) is 0 Å². The van der Waals surface area contributed by atoms with Crippen LogP contribution >= 0.6 is 0 Å². The lowest BCUT2D eigenvalue weighted by Gasteiger charge is -2.33. The molecule has 0 saturated carbocycles. The normalized spacial score (nSPS) is 14.6. The van der Waals surface area contributed by atoms with Crippen LogP contribution < -0.4 is 11.1 Å². The highest BCUT2D eigenvalue weighted by molar-refractivity contribution is 5.84. The highest BCUT2D eigenvalue weighted by atomic mass is 16.3. The van der Waals surface area contributed by atoms with Gasteiger partial charge in [0.05, 0.1) is 11.5 Å². The minimum atomic E-state index is -0.746. The van der Waals surface area contributed by atoms with Gasteiger partial charge in [-0.2, -0.15) is 0 Å². The number of amides is 1. The van der Waals surface area contributed by atoms with Gasteiger partial charge in [-0.05, 0) is 42.2 Å². The summed E-state index contributed by atoms with van der Waals surface area (Å²) in [5, 5.41) is 15.4. The summed E-state index contributed by atoms with van der Waals surface area (Å²) >= 11 is 0. The number of fused-ring (bicyclic) bond motifs is 1. The molecule has 24 heavy (non-hydrogen) atoms. The van der Waals surface area contributed by atoms with Gasteiger partial charge < -0.3 is 16.2 Å². The van der Waals surface area contributed by atoms with Crippen LogP contribution in [0.1, 0.15) is 39.4 Å². The van der Waals surface area contributed by atoms with Gasteiger partial charge in [0.1, 0.15) is 0 Å². The lowest BCUT2D eigenvalue weighted by Crippen LogP contribution is -2.51. The second-order valence-corrected chi connectivity index (χ2v) is 7.32. The van der Waals surface area contributed by atoms with Crippen molar-refractivity contribution >= 4 is 16.7 Å². The van der Waals surface area contributed by atoms with E-state index in [1.54, 1.807) is 0 Å². The van der Waals surface area contributed by atoms with Gasteiger partial charge >= 0.3 is 0 Å². The summed E-state index contributed by atoms with van der Waals surface area (Å²) in [6, 6.07) is 13.6. The maximum atomic E-state index is 12.5. The molecule has 4 heteroatoms. The van der Waals surface area contributed by atoms with Gasteiger partial charge in [-0.25, -0.2) is 0 Å². The third-order valence-corrected chi connectivity index (χ3v) is 4.75. The maximum absolute atomic E-state index is 12.5. The topological polar surface area (TPSA) is 75.4 Å². The van der Waals surface area contributed by atoms with Crippen LogP contribution in [0, 0.1) is 11.3 Å². The third kappa shape index (κ3) is 3.94. The van der Waals surface area contributed by atoms with Gasteiger partial charge in [-0.15, -0.1) is 0 Å². The predicted octanol–water partition coefficient (Wildman–Crippen LogP) is 3.00. The first-order valence-electron chi connectivity index (χ1n) is 8.44. The quantitative estimate of drug-likeness (QED) is 0.763. The number of nitrogens with one attached hydrogen (secondary N) is 1. The summed E-state index contributed by atoms with van der Waals surface area (Å²) in [5.41, 5.74) is 6.26. The summed E-state index contributed by atoms with van der Waals surface area (Å²) in [6.07, 6.45) is -0.746. The number of aliphatic hydroxyl groups excluding tert-OH is 1. The Bertz CT molecular complexity index is 710. The molecule has 0 aliphatic rings. The maximum Gasteiger partial charge on any atom is 0.227 e. The number of rotatable bonds is 6. The number of hydrogen-bond acceptors (Lipinski definition) is 3. The van der Waals surface area contributed by atoms with E-state index in [4.69, 9.17) is 5.73 Å². The van der Waals surface area contributed by atoms with Gasteiger partial charge in [0.15, 0.2) is 0 Å². The Morgan fingerprint density at radius 2 is 1.79 bits per heavy atom. The monoisotopic (exact) mass is 328 g/mol. The lowest BCUT2D eigenvalue weighted by molar-refractivity contribution is -0.131. The molecule has 4 nitrogen and oxygen atoms in total. The standard InChI is InChI=1S/C20H28N2O2/c1-13(2)18(21)20(3,4)19(24)22-12-17(23)16-10-9-14-7-5-6-8-15(14)11-16/h5-11,13,17-18,23H,12,21H2,1-4H3,(H,22,24). The molecule has 0 aromatic heterocycles. The first kappa shape index (κ1) is 18.4. The number of carbonyl (C=O) groups is 1. The molecule has 2 atom stereocenters. The zero-order valence-corrected chi connectivity index (χ0v) is 14.9. The van der Waals surface area contributed by atoms with Gasteiger partial charge in [-0.3, -0.25) is 4.79 Å². The Morgan fingerprint density at radius 3 is 2.42 bits per heavy atom. The van der Waals surface area contributed by atoms with E-state index in [0.717, 1.165) is 16.3 Å². The van der Waals surface area contributed by atoms with Crippen LogP contribution in [0.25, 0.3) is 10.8 Å². The molecule has 0 saturated heterocycles. The summed E-state index contributed by atoms with van der Waals surface area (Å²) in [7, 11) is 0. The van der Waals surface area contributed by atoms with Gasteiger partial charge in [-0.1, -0.05) is 50.2 Å². The summed E-state index contributed by atoms with van der Waals surface area (Å²) in [4.78, 5) is 12.5.